The number of hydrogen-bond donors (Lipinski definition) is 2. The number of nitrogens with one attached hydrogen (secondary N) is 2. The van der Waals surface area contributed by atoms with Gasteiger partial charge in [-0.1, -0.05) is 35.5 Å². The highest BCUT2D eigenvalue weighted by atomic mass is 16.5. The Labute approximate surface area is 195 Å². The molecule has 0 unspecified atom stereocenters. The van der Waals surface area contributed by atoms with Crippen molar-refractivity contribution >= 4 is 11.8 Å². The van der Waals surface area contributed by atoms with Gasteiger partial charge in [-0.3, -0.25) is 9.59 Å². The molecule has 2 atom stereocenters. The summed E-state index contributed by atoms with van der Waals surface area (Å²) in [6.07, 6.45) is 7.33. The first-order valence-corrected chi connectivity index (χ1v) is 12.5. The zero-order chi connectivity index (χ0) is 22.6. The minimum atomic E-state index is -0.177. The van der Waals surface area contributed by atoms with E-state index >= 15 is 0 Å². The van der Waals surface area contributed by atoms with E-state index in [1.165, 1.54) is 5.56 Å². The van der Waals surface area contributed by atoms with E-state index < -0.39 is 0 Å². The number of piperidine rings is 2. The molecule has 7 nitrogen and oxygen atoms in total. The van der Waals surface area contributed by atoms with Crippen LogP contribution in [0.2, 0.25) is 0 Å². The van der Waals surface area contributed by atoms with Crippen LogP contribution in [0.25, 0.3) is 0 Å². The van der Waals surface area contributed by atoms with E-state index in [1.54, 1.807) is 6.07 Å². The number of hydrogen-bond acceptors (Lipinski definition) is 5. The Balaban J connectivity index is 1.24. The van der Waals surface area contributed by atoms with Crippen LogP contribution in [0.15, 0.2) is 40.9 Å². The summed E-state index contributed by atoms with van der Waals surface area (Å²) in [6.45, 7) is 2.69. The minimum absolute atomic E-state index is 0.0233. The van der Waals surface area contributed by atoms with Crippen LogP contribution in [-0.4, -0.2) is 53.6 Å². The van der Waals surface area contributed by atoms with Crippen molar-refractivity contribution in [1.29, 1.82) is 0 Å². The van der Waals surface area contributed by atoms with Crippen LogP contribution in [-0.2, 0) is 11.2 Å². The third-order valence-corrected chi connectivity index (χ3v) is 7.35. The van der Waals surface area contributed by atoms with Crippen molar-refractivity contribution in [2.24, 2.45) is 5.92 Å². The fourth-order valence-corrected chi connectivity index (χ4v) is 5.26. The molecule has 1 aromatic carbocycles. The molecule has 7 heteroatoms. The minimum Gasteiger partial charge on any atom is -0.360 e. The second-order valence-electron chi connectivity index (χ2n) is 9.91. The van der Waals surface area contributed by atoms with Crippen LogP contribution >= 0.6 is 0 Å². The monoisotopic (exact) mass is 450 g/mol. The lowest BCUT2D eigenvalue weighted by atomic mass is 9.89. The summed E-state index contributed by atoms with van der Waals surface area (Å²) in [5, 5.41) is 10.5. The van der Waals surface area contributed by atoms with Crippen molar-refractivity contribution in [3.05, 3.63) is 53.4 Å². The molecule has 3 fully saturated rings. The summed E-state index contributed by atoms with van der Waals surface area (Å²) >= 11 is 0. The Kier molecular flexibility index (Phi) is 6.76. The number of aromatic nitrogens is 1. The number of amides is 2. The van der Waals surface area contributed by atoms with Crippen molar-refractivity contribution in [1.82, 2.24) is 20.7 Å². The molecule has 33 heavy (non-hydrogen) atoms. The molecule has 1 aliphatic carbocycles. The molecule has 0 radical (unpaired) electrons. The molecule has 1 aromatic heterocycles. The Bertz CT molecular complexity index is 949. The van der Waals surface area contributed by atoms with Gasteiger partial charge in [-0.2, -0.15) is 0 Å². The van der Waals surface area contributed by atoms with Crippen LogP contribution in [0.4, 0.5) is 0 Å². The summed E-state index contributed by atoms with van der Waals surface area (Å²) < 4.78 is 5.35. The molecule has 0 spiro atoms. The van der Waals surface area contributed by atoms with E-state index in [4.69, 9.17) is 4.52 Å². The molecule has 176 valence electrons. The smallest absolute Gasteiger partial charge is 0.273 e. The lowest BCUT2D eigenvalue weighted by Crippen LogP contribution is -2.53. The number of carbonyl (C=O) groups is 2. The number of carbonyl (C=O) groups excluding carboxylic acids is 2. The highest BCUT2D eigenvalue weighted by Crippen LogP contribution is 2.40. The van der Waals surface area contributed by atoms with Gasteiger partial charge in [0.2, 0.25) is 5.91 Å². The van der Waals surface area contributed by atoms with Gasteiger partial charge >= 0.3 is 0 Å². The molecule has 2 N–H and O–H groups in total. The van der Waals surface area contributed by atoms with Gasteiger partial charge in [-0.05, 0) is 69.5 Å². The molecule has 2 amide bonds. The van der Waals surface area contributed by atoms with Gasteiger partial charge in [-0.15, -0.1) is 0 Å². The molecule has 2 aliphatic heterocycles. The van der Waals surface area contributed by atoms with Gasteiger partial charge in [0.15, 0.2) is 5.69 Å². The molecule has 0 bridgehead atoms. The predicted octanol–water partition coefficient (Wildman–Crippen LogP) is 3.27. The molecule has 5 rings (SSSR count). The Hall–Kier alpha value is -2.67. The summed E-state index contributed by atoms with van der Waals surface area (Å²) in [4.78, 5) is 28.2. The Morgan fingerprint density at radius 2 is 1.88 bits per heavy atom. The van der Waals surface area contributed by atoms with Gasteiger partial charge in [0, 0.05) is 37.0 Å². The quantitative estimate of drug-likeness (QED) is 0.676. The topological polar surface area (TPSA) is 87.5 Å². The first kappa shape index (κ1) is 22.1. The van der Waals surface area contributed by atoms with Gasteiger partial charge in [0.05, 0.1) is 0 Å². The van der Waals surface area contributed by atoms with Gasteiger partial charge in [0.25, 0.3) is 5.91 Å². The lowest BCUT2D eigenvalue weighted by Gasteiger charge is -2.40. The Morgan fingerprint density at radius 3 is 2.64 bits per heavy atom. The molecular formula is C26H34N4O3. The second-order valence-corrected chi connectivity index (χ2v) is 9.91. The zero-order valence-electron chi connectivity index (χ0n) is 19.2. The van der Waals surface area contributed by atoms with E-state index in [0.717, 1.165) is 63.8 Å². The number of rotatable bonds is 7. The average molecular weight is 451 g/mol. The molecule has 1 saturated carbocycles. The number of nitrogens with zero attached hydrogens (tertiary/aromatic N) is 2. The maximum Gasteiger partial charge on any atom is 0.273 e. The third kappa shape index (κ3) is 5.64. The predicted molar refractivity (Wildman–Crippen MR) is 125 cm³/mol. The Morgan fingerprint density at radius 1 is 1.09 bits per heavy atom. The van der Waals surface area contributed by atoms with Gasteiger partial charge < -0.3 is 20.1 Å². The van der Waals surface area contributed by atoms with Crippen molar-refractivity contribution in [3.63, 3.8) is 0 Å². The normalized spacial score (nSPS) is 23.9. The van der Waals surface area contributed by atoms with Crippen LogP contribution in [0.3, 0.4) is 0 Å². The SMILES string of the molecule is O=C(N[C@H]1CCN(C(=O)CC2CCNCC2)[C@@H](Cc2ccccc2)C1)c1cc(C2CC2)on1. The molecule has 3 aliphatic rings. The molecule has 2 saturated heterocycles. The lowest BCUT2D eigenvalue weighted by molar-refractivity contribution is -0.136. The van der Waals surface area contributed by atoms with Crippen molar-refractivity contribution in [3.8, 4) is 0 Å². The maximum absolute atomic E-state index is 13.3. The standard InChI is InChI=1S/C26H34N4O3/c31-25(15-19-8-11-27-12-9-19)30-13-10-21(16-22(30)14-18-4-2-1-3-5-18)28-26(32)23-17-24(33-29-23)20-6-7-20/h1-5,17,19-22,27H,6-16H2,(H,28,32)/t21-,22-/m0/s1. The first-order valence-electron chi connectivity index (χ1n) is 12.5. The summed E-state index contributed by atoms with van der Waals surface area (Å²) in [6, 6.07) is 12.2. The summed E-state index contributed by atoms with van der Waals surface area (Å²) in [5.41, 5.74) is 1.58. The van der Waals surface area contributed by atoms with E-state index in [-0.39, 0.29) is 23.9 Å². The van der Waals surface area contributed by atoms with Crippen LogP contribution in [0.5, 0.6) is 0 Å². The van der Waals surface area contributed by atoms with Gasteiger partial charge in [-0.25, -0.2) is 0 Å². The van der Waals surface area contributed by atoms with Crippen molar-refractivity contribution < 1.29 is 14.1 Å². The van der Waals surface area contributed by atoms with E-state index in [9.17, 15) is 9.59 Å². The molecular weight excluding hydrogens is 416 g/mol. The van der Waals surface area contributed by atoms with Crippen LogP contribution in [0.1, 0.15) is 72.7 Å². The van der Waals surface area contributed by atoms with Crippen molar-refractivity contribution in [2.45, 2.75) is 69.4 Å². The fraction of sp³-hybridized carbons (Fsp3) is 0.577. The second kappa shape index (κ2) is 10.1. The first-order chi connectivity index (χ1) is 16.2. The molecule has 3 heterocycles. The number of likely N-dealkylation sites (tertiary alicyclic amines) is 1. The third-order valence-electron chi connectivity index (χ3n) is 7.35. The fourth-order valence-electron chi connectivity index (χ4n) is 5.26. The number of benzene rings is 1. The van der Waals surface area contributed by atoms with E-state index in [2.05, 4.69) is 32.8 Å². The maximum atomic E-state index is 13.3. The molecule has 2 aromatic rings. The van der Waals surface area contributed by atoms with Crippen molar-refractivity contribution in [2.75, 3.05) is 19.6 Å². The summed E-state index contributed by atoms with van der Waals surface area (Å²) in [7, 11) is 0. The highest BCUT2D eigenvalue weighted by Gasteiger charge is 2.34. The van der Waals surface area contributed by atoms with Crippen LogP contribution < -0.4 is 10.6 Å². The largest absolute Gasteiger partial charge is 0.360 e. The van der Waals surface area contributed by atoms with Crippen LogP contribution in [0, 0.1) is 5.92 Å². The highest BCUT2D eigenvalue weighted by molar-refractivity contribution is 5.92. The zero-order valence-corrected chi connectivity index (χ0v) is 19.2. The van der Waals surface area contributed by atoms with E-state index in [1.807, 2.05) is 18.2 Å². The van der Waals surface area contributed by atoms with E-state index in [0.29, 0.717) is 30.5 Å². The summed E-state index contributed by atoms with van der Waals surface area (Å²) in [5.74, 6) is 1.81. The van der Waals surface area contributed by atoms with Gasteiger partial charge in [0.1, 0.15) is 5.76 Å². The average Bonchev–Trinajstić information content (AvgIpc) is 3.56.